The number of ether oxygens (including phenoxy) is 3. The third-order valence-corrected chi connectivity index (χ3v) is 3.85. The maximum absolute atomic E-state index is 12.0. The summed E-state index contributed by atoms with van der Waals surface area (Å²) in [5, 5.41) is 2.72. The van der Waals surface area contributed by atoms with E-state index in [2.05, 4.69) is 5.32 Å². The SMILES string of the molecule is COc1cc2c(cc1OC)C1OCNC(=O)C1C=C2C. The zero-order valence-corrected chi connectivity index (χ0v) is 11.7. The number of methoxy groups -OCH3 is 2. The Hall–Kier alpha value is -2.01. The van der Waals surface area contributed by atoms with Crippen molar-refractivity contribution in [2.75, 3.05) is 21.0 Å². The minimum Gasteiger partial charge on any atom is -0.493 e. The van der Waals surface area contributed by atoms with Gasteiger partial charge in [-0.2, -0.15) is 0 Å². The molecule has 1 heterocycles. The molecule has 1 aliphatic heterocycles. The maximum Gasteiger partial charge on any atom is 0.231 e. The average Bonchev–Trinajstić information content (AvgIpc) is 2.47. The Morgan fingerprint density at radius 3 is 2.65 bits per heavy atom. The largest absolute Gasteiger partial charge is 0.493 e. The lowest BCUT2D eigenvalue weighted by Gasteiger charge is -2.35. The predicted molar refractivity (Wildman–Crippen MR) is 73.5 cm³/mol. The number of rotatable bonds is 2. The first-order chi connectivity index (χ1) is 9.65. The van der Waals surface area contributed by atoms with Gasteiger partial charge in [-0.15, -0.1) is 0 Å². The summed E-state index contributed by atoms with van der Waals surface area (Å²) in [7, 11) is 3.21. The number of fused-ring (bicyclic) bond motifs is 3. The average molecular weight is 275 g/mol. The molecule has 0 bridgehead atoms. The molecule has 3 rings (SSSR count). The standard InChI is InChI=1S/C15H17NO4/c1-8-4-11-14(20-7-16-15(11)17)10-6-13(19-3)12(18-2)5-9(8)10/h4-6,11,14H,7H2,1-3H3,(H,16,17). The van der Waals surface area contributed by atoms with E-state index in [1.807, 2.05) is 25.1 Å². The van der Waals surface area contributed by atoms with Gasteiger partial charge in [0.25, 0.3) is 0 Å². The van der Waals surface area contributed by atoms with E-state index in [4.69, 9.17) is 14.2 Å². The molecule has 2 atom stereocenters. The Balaban J connectivity index is 2.15. The fraction of sp³-hybridized carbons (Fsp3) is 0.400. The summed E-state index contributed by atoms with van der Waals surface area (Å²) in [6, 6.07) is 3.84. The van der Waals surface area contributed by atoms with Gasteiger partial charge in [0.15, 0.2) is 11.5 Å². The third kappa shape index (κ3) is 1.86. The highest BCUT2D eigenvalue weighted by molar-refractivity contribution is 5.87. The first-order valence-electron chi connectivity index (χ1n) is 6.49. The molecule has 1 aromatic rings. The molecular weight excluding hydrogens is 258 g/mol. The Bertz CT molecular complexity index is 594. The Morgan fingerprint density at radius 1 is 1.25 bits per heavy atom. The molecule has 1 fully saturated rings. The first-order valence-corrected chi connectivity index (χ1v) is 6.49. The van der Waals surface area contributed by atoms with E-state index < -0.39 is 0 Å². The van der Waals surface area contributed by atoms with E-state index in [1.54, 1.807) is 14.2 Å². The lowest BCUT2D eigenvalue weighted by Crippen LogP contribution is -2.43. The number of benzene rings is 1. The number of amides is 1. The summed E-state index contributed by atoms with van der Waals surface area (Å²) < 4.78 is 16.4. The summed E-state index contributed by atoms with van der Waals surface area (Å²) in [6.07, 6.45) is 1.69. The van der Waals surface area contributed by atoms with Gasteiger partial charge in [-0.3, -0.25) is 4.79 Å². The minimum absolute atomic E-state index is 0.000958. The van der Waals surface area contributed by atoms with Gasteiger partial charge in [0.2, 0.25) is 5.91 Å². The van der Waals surface area contributed by atoms with Crippen LogP contribution in [0.5, 0.6) is 11.5 Å². The zero-order chi connectivity index (χ0) is 14.3. The molecule has 106 valence electrons. The highest BCUT2D eigenvalue weighted by atomic mass is 16.5. The molecule has 1 N–H and O–H groups in total. The molecule has 2 unspecified atom stereocenters. The van der Waals surface area contributed by atoms with Crippen LogP contribution < -0.4 is 14.8 Å². The van der Waals surface area contributed by atoms with E-state index in [9.17, 15) is 4.79 Å². The lowest BCUT2D eigenvalue weighted by molar-refractivity contribution is -0.139. The number of allylic oxidation sites excluding steroid dienone is 1. The Morgan fingerprint density at radius 2 is 1.95 bits per heavy atom. The number of nitrogens with one attached hydrogen (secondary N) is 1. The van der Waals surface area contributed by atoms with Crippen molar-refractivity contribution >= 4 is 11.5 Å². The minimum atomic E-state index is -0.283. The molecule has 1 aromatic carbocycles. The van der Waals surface area contributed by atoms with Gasteiger partial charge < -0.3 is 19.5 Å². The van der Waals surface area contributed by atoms with Crippen molar-refractivity contribution in [3.8, 4) is 11.5 Å². The van der Waals surface area contributed by atoms with Gasteiger partial charge in [-0.25, -0.2) is 0 Å². The molecule has 20 heavy (non-hydrogen) atoms. The van der Waals surface area contributed by atoms with E-state index >= 15 is 0 Å². The molecule has 2 aliphatic rings. The van der Waals surface area contributed by atoms with Crippen LogP contribution in [-0.4, -0.2) is 26.9 Å². The monoisotopic (exact) mass is 275 g/mol. The fourth-order valence-electron chi connectivity index (χ4n) is 2.84. The van der Waals surface area contributed by atoms with Gasteiger partial charge >= 0.3 is 0 Å². The smallest absolute Gasteiger partial charge is 0.231 e. The van der Waals surface area contributed by atoms with Crippen LogP contribution in [-0.2, 0) is 9.53 Å². The highest BCUT2D eigenvalue weighted by Gasteiger charge is 2.37. The van der Waals surface area contributed by atoms with Crippen molar-refractivity contribution in [2.24, 2.45) is 5.92 Å². The Labute approximate surface area is 117 Å². The quantitative estimate of drug-likeness (QED) is 0.895. The number of carbonyl (C=O) groups excluding carboxylic acids is 1. The first kappa shape index (κ1) is 13.0. The van der Waals surface area contributed by atoms with Crippen LogP contribution in [0.3, 0.4) is 0 Å². The molecule has 0 aromatic heterocycles. The topological polar surface area (TPSA) is 56.8 Å². The van der Waals surface area contributed by atoms with E-state index in [1.165, 1.54) is 0 Å². The van der Waals surface area contributed by atoms with Gasteiger partial charge in [0, 0.05) is 0 Å². The summed E-state index contributed by atoms with van der Waals surface area (Å²) in [5.74, 6) is 1.04. The molecule has 1 amide bonds. The third-order valence-electron chi connectivity index (χ3n) is 3.85. The van der Waals surface area contributed by atoms with Crippen LogP contribution in [0.25, 0.3) is 5.57 Å². The molecule has 1 saturated heterocycles. The summed E-state index contributed by atoms with van der Waals surface area (Å²) in [5.41, 5.74) is 3.06. The maximum atomic E-state index is 12.0. The second kappa shape index (κ2) is 4.83. The molecule has 5 nitrogen and oxygen atoms in total. The predicted octanol–water partition coefficient (Wildman–Crippen LogP) is 1.88. The van der Waals surface area contributed by atoms with Crippen molar-refractivity contribution in [1.29, 1.82) is 0 Å². The molecular formula is C15H17NO4. The lowest BCUT2D eigenvalue weighted by atomic mass is 9.81. The van der Waals surface area contributed by atoms with Crippen LogP contribution in [0.1, 0.15) is 24.2 Å². The molecule has 5 heteroatoms. The van der Waals surface area contributed by atoms with Crippen molar-refractivity contribution in [3.05, 3.63) is 29.3 Å². The van der Waals surface area contributed by atoms with E-state index in [0.717, 1.165) is 16.7 Å². The van der Waals surface area contributed by atoms with E-state index in [-0.39, 0.29) is 24.7 Å². The number of carbonyl (C=O) groups is 1. The van der Waals surface area contributed by atoms with Crippen molar-refractivity contribution in [2.45, 2.75) is 13.0 Å². The zero-order valence-electron chi connectivity index (χ0n) is 11.7. The molecule has 1 aliphatic carbocycles. The van der Waals surface area contributed by atoms with Gasteiger partial charge in [-0.05, 0) is 35.8 Å². The molecule has 0 radical (unpaired) electrons. The van der Waals surface area contributed by atoms with Crippen LogP contribution >= 0.6 is 0 Å². The Kier molecular flexibility index (Phi) is 3.14. The van der Waals surface area contributed by atoms with Crippen LogP contribution in [0, 0.1) is 5.92 Å². The van der Waals surface area contributed by atoms with Gasteiger partial charge in [0.1, 0.15) is 12.8 Å². The van der Waals surface area contributed by atoms with Crippen LogP contribution in [0.4, 0.5) is 0 Å². The highest BCUT2D eigenvalue weighted by Crippen LogP contribution is 2.44. The van der Waals surface area contributed by atoms with Crippen molar-refractivity contribution < 1.29 is 19.0 Å². The second-order valence-corrected chi connectivity index (χ2v) is 4.94. The van der Waals surface area contributed by atoms with Gasteiger partial charge in [0.05, 0.1) is 20.1 Å². The number of hydrogen-bond donors (Lipinski definition) is 1. The van der Waals surface area contributed by atoms with Gasteiger partial charge in [-0.1, -0.05) is 6.08 Å². The second-order valence-electron chi connectivity index (χ2n) is 4.94. The summed E-state index contributed by atoms with van der Waals surface area (Å²) in [4.78, 5) is 12.0. The van der Waals surface area contributed by atoms with Crippen molar-refractivity contribution in [1.82, 2.24) is 5.32 Å². The fourth-order valence-corrected chi connectivity index (χ4v) is 2.84. The molecule has 0 spiro atoms. The number of hydrogen-bond acceptors (Lipinski definition) is 4. The summed E-state index contributed by atoms with van der Waals surface area (Å²) >= 11 is 0. The van der Waals surface area contributed by atoms with Crippen LogP contribution in [0.15, 0.2) is 18.2 Å². The van der Waals surface area contributed by atoms with Crippen LogP contribution in [0.2, 0.25) is 0 Å². The normalized spacial score (nSPS) is 24.1. The molecule has 0 saturated carbocycles. The summed E-state index contributed by atoms with van der Waals surface area (Å²) in [6.45, 7) is 2.23. The van der Waals surface area contributed by atoms with Crippen molar-refractivity contribution in [3.63, 3.8) is 0 Å². The van der Waals surface area contributed by atoms with E-state index in [0.29, 0.717) is 11.5 Å².